The molecule has 0 aliphatic carbocycles. The van der Waals surface area contributed by atoms with Crippen LogP contribution in [-0.2, 0) is 4.79 Å². The maximum atomic E-state index is 13.1. The highest BCUT2D eigenvalue weighted by Gasteiger charge is 2.41. The molecule has 4 rings (SSSR count). The number of amides is 1. The number of benzene rings is 1. The van der Waals surface area contributed by atoms with Crippen LogP contribution in [0.4, 0.5) is 0 Å². The second-order valence-corrected chi connectivity index (χ2v) is 8.01. The van der Waals surface area contributed by atoms with Gasteiger partial charge in [-0.15, -0.1) is 11.3 Å². The maximum absolute atomic E-state index is 13.1. The number of carboxylic acid groups (broad SMARTS) is 1. The predicted octanol–water partition coefficient (Wildman–Crippen LogP) is 3.96. The minimum Gasteiger partial charge on any atom is -0.481 e. The number of rotatable bonds is 4. The quantitative estimate of drug-likeness (QED) is 0.722. The first-order chi connectivity index (χ1) is 13.4. The van der Waals surface area contributed by atoms with Gasteiger partial charge in [0.15, 0.2) is 10.8 Å². The number of thiazole rings is 1. The highest BCUT2D eigenvalue weighted by Crippen LogP contribution is 2.36. The zero-order chi connectivity index (χ0) is 19.8. The summed E-state index contributed by atoms with van der Waals surface area (Å²) in [6, 6.07) is 13.2. The van der Waals surface area contributed by atoms with Crippen LogP contribution in [0.3, 0.4) is 0 Å². The van der Waals surface area contributed by atoms with E-state index in [-0.39, 0.29) is 18.4 Å². The minimum atomic E-state index is -0.878. The lowest BCUT2D eigenvalue weighted by Crippen LogP contribution is -2.29. The summed E-state index contributed by atoms with van der Waals surface area (Å²) in [5.41, 5.74) is 1.58. The third-order valence-corrected chi connectivity index (χ3v) is 6.25. The maximum Gasteiger partial charge on any atom is 0.308 e. The molecule has 7 heteroatoms. The van der Waals surface area contributed by atoms with E-state index in [1.54, 1.807) is 11.8 Å². The molecule has 1 N–H and O–H groups in total. The van der Waals surface area contributed by atoms with Crippen LogP contribution in [0.1, 0.15) is 32.6 Å². The summed E-state index contributed by atoms with van der Waals surface area (Å²) in [5.74, 6) is -0.470. The smallest absolute Gasteiger partial charge is 0.308 e. The first-order valence-corrected chi connectivity index (χ1v) is 9.87. The van der Waals surface area contributed by atoms with Gasteiger partial charge in [0.1, 0.15) is 10.6 Å². The molecule has 3 heterocycles. The first-order valence-electron chi connectivity index (χ1n) is 9.05. The van der Waals surface area contributed by atoms with Crippen molar-refractivity contribution in [2.75, 3.05) is 13.1 Å². The van der Waals surface area contributed by atoms with Crippen molar-refractivity contribution in [1.29, 1.82) is 0 Å². The molecule has 1 aliphatic rings. The Morgan fingerprint density at radius 2 is 1.89 bits per heavy atom. The zero-order valence-corrected chi connectivity index (χ0v) is 16.4. The Hall–Kier alpha value is -2.93. The van der Waals surface area contributed by atoms with Crippen molar-refractivity contribution >= 4 is 23.2 Å². The van der Waals surface area contributed by atoms with E-state index < -0.39 is 11.9 Å². The molecule has 0 radical (unpaired) electrons. The van der Waals surface area contributed by atoms with E-state index in [9.17, 15) is 14.7 Å². The highest BCUT2D eigenvalue weighted by molar-refractivity contribution is 7.17. The van der Waals surface area contributed by atoms with E-state index in [2.05, 4.69) is 4.98 Å². The summed E-state index contributed by atoms with van der Waals surface area (Å²) in [5, 5.41) is 10.3. The largest absolute Gasteiger partial charge is 0.481 e. The van der Waals surface area contributed by atoms with Crippen LogP contribution < -0.4 is 0 Å². The van der Waals surface area contributed by atoms with E-state index in [0.29, 0.717) is 27.9 Å². The van der Waals surface area contributed by atoms with Crippen molar-refractivity contribution in [1.82, 2.24) is 9.88 Å². The standard InChI is InChI=1S/C21H20N2O4S/c1-12-8-9-17(27-12)19-22-13(2)18(28-19)20(24)23-10-15(16(11-23)21(25)26)14-6-4-3-5-7-14/h3-9,15-16H,10-11H2,1-2H3,(H,25,26). The molecule has 0 spiro atoms. The molecule has 0 saturated carbocycles. The van der Waals surface area contributed by atoms with E-state index in [1.807, 2.05) is 49.4 Å². The third-order valence-electron chi connectivity index (χ3n) is 5.09. The number of nitrogens with zero attached hydrogens (tertiary/aromatic N) is 2. The van der Waals surface area contributed by atoms with Gasteiger partial charge in [-0.3, -0.25) is 9.59 Å². The first kappa shape index (κ1) is 18.4. The van der Waals surface area contributed by atoms with Gasteiger partial charge in [-0.25, -0.2) is 4.98 Å². The van der Waals surface area contributed by atoms with Gasteiger partial charge in [-0.2, -0.15) is 0 Å². The Balaban J connectivity index is 1.60. The molecule has 6 nitrogen and oxygen atoms in total. The topological polar surface area (TPSA) is 83.6 Å². The number of carbonyl (C=O) groups excluding carboxylic acids is 1. The van der Waals surface area contributed by atoms with Crippen LogP contribution in [0.15, 0.2) is 46.9 Å². The fraction of sp³-hybridized carbons (Fsp3) is 0.286. The van der Waals surface area contributed by atoms with E-state index in [4.69, 9.17) is 4.42 Å². The molecule has 2 aromatic heterocycles. The van der Waals surface area contributed by atoms with Crippen molar-refractivity contribution < 1.29 is 19.1 Å². The highest BCUT2D eigenvalue weighted by atomic mass is 32.1. The SMILES string of the molecule is Cc1ccc(-c2nc(C)c(C(=O)N3CC(C(=O)O)C(c4ccccc4)C3)s2)o1. The number of aliphatic carboxylic acids is 1. The summed E-state index contributed by atoms with van der Waals surface area (Å²) in [6.45, 7) is 4.23. The average Bonchev–Trinajstić information content (AvgIpc) is 3.40. The predicted molar refractivity (Wildman–Crippen MR) is 106 cm³/mol. The number of aromatic nitrogens is 1. The van der Waals surface area contributed by atoms with Gasteiger partial charge in [-0.05, 0) is 31.5 Å². The lowest BCUT2D eigenvalue weighted by atomic mass is 9.89. The Labute approximate surface area is 166 Å². The Bertz CT molecular complexity index is 1020. The van der Waals surface area contributed by atoms with Gasteiger partial charge < -0.3 is 14.4 Å². The number of hydrogen-bond donors (Lipinski definition) is 1. The fourth-order valence-electron chi connectivity index (χ4n) is 3.65. The van der Waals surface area contributed by atoms with E-state index >= 15 is 0 Å². The van der Waals surface area contributed by atoms with Gasteiger partial charge in [-0.1, -0.05) is 30.3 Å². The van der Waals surface area contributed by atoms with Crippen LogP contribution in [-0.4, -0.2) is 40.0 Å². The minimum absolute atomic E-state index is 0.172. The Kier molecular flexibility index (Phi) is 4.77. The molecule has 2 atom stereocenters. The molecule has 1 saturated heterocycles. The number of carboxylic acids is 1. The molecular weight excluding hydrogens is 376 g/mol. The molecule has 1 aromatic carbocycles. The fourth-order valence-corrected chi connectivity index (χ4v) is 4.65. The monoisotopic (exact) mass is 396 g/mol. The number of likely N-dealkylation sites (tertiary alicyclic amines) is 1. The van der Waals surface area contributed by atoms with Gasteiger partial charge in [0.2, 0.25) is 0 Å². The average molecular weight is 396 g/mol. The number of carbonyl (C=O) groups is 2. The molecule has 28 heavy (non-hydrogen) atoms. The normalized spacial score (nSPS) is 19.1. The molecule has 2 unspecified atom stereocenters. The Morgan fingerprint density at radius 1 is 1.14 bits per heavy atom. The summed E-state index contributed by atoms with van der Waals surface area (Å²) >= 11 is 1.28. The molecule has 1 aliphatic heterocycles. The summed E-state index contributed by atoms with van der Waals surface area (Å²) in [6.07, 6.45) is 0. The van der Waals surface area contributed by atoms with Crippen LogP contribution in [0.25, 0.3) is 10.8 Å². The van der Waals surface area contributed by atoms with Crippen molar-refractivity contribution in [3.05, 3.63) is 64.4 Å². The van der Waals surface area contributed by atoms with Crippen molar-refractivity contribution in [3.63, 3.8) is 0 Å². The molecular formula is C21H20N2O4S. The number of hydrogen-bond acceptors (Lipinski definition) is 5. The van der Waals surface area contributed by atoms with Gasteiger partial charge in [0, 0.05) is 19.0 Å². The van der Waals surface area contributed by atoms with Crippen molar-refractivity contribution in [2.45, 2.75) is 19.8 Å². The van der Waals surface area contributed by atoms with Crippen LogP contribution in [0.5, 0.6) is 0 Å². The molecule has 3 aromatic rings. The summed E-state index contributed by atoms with van der Waals surface area (Å²) in [4.78, 5) is 31.6. The third kappa shape index (κ3) is 3.33. The second kappa shape index (κ2) is 7.24. The van der Waals surface area contributed by atoms with Crippen molar-refractivity contribution in [2.24, 2.45) is 5.92 Å². The second-order valence-electron chi connectivity index (χ2n) is 7.02. The van der Waals surface area contributed by atoms with Gasteiger partial charge in [0.25, 0.3) is 5.91 Å². The van der Waals surface area contributed by atoms with Gasteiger partial charge in [0.05, 0.1) is 11.6 Å². The zero-order valence-electron chi connectivity index (χ0n) is 15.6. The van der Waals surface area contributed by atoms with Crippen LogP contribution >= 0.6 is 11.3 Å². The molecule has 144 valence electrons. The van der Waals surface area contributed by atoms with E-state index in [1.165, 1.54) is 11.3 Å². The van der Waals surface area contributed by atoms with Crippen LogP contribution in [0, 0.1) is 19.8 Å². The van der Waals surface area contributed by atoms with Gasteiger partial charge >= 0.3 is 5.97 Å². The van der Waals surface area contributed by atoms with E-state index in [0.717, 1.165) is 11.3 Å². The number of aryl methyl sites for hydroxylation is 2. The lowest BCUT2D eigenvalue weighted by molar-refractivity contribution is -0.141. The summed E-state index contributed by atoms with van der Waals surface area (Å²) in [7, 11) is 0. The Morgan fingerprint density at radius 3 is 2.54 bits per heavy atom. The number of furan rings is 1. The molecule has 0 bridgehead atoms. The van der Waals surface area contributed by atoms with Crippen LogP contribution in [0.2, 0.25) is 0 Å². The molecule has 1 amide bonds. The summed E-state index contributed by atoms with van der Waals surface area (Å²) < 4.78 is 5.61. The van der Waals surface area contributed by atoms with Crippen molar-refractivity contribution in [3.8, 4) is 10.8 Å². The molecule has 1 fully saturated rings. The lowest BCUT2D eigenvalue weighted by Gasteiger charge is -2.16.